The number of carbonyl (C=O) groups excluding carboxylic acids is 9. The zero-order chi connectivity index (χ0) is 74.4. The maximum atomic E-state index is 13.8. The lowest BCUT2D eigenvalue weighted by Crippen LogP contribution is -2.51. The Balaban J connectivity index is 1.03. The molecule has 30 nitrogen and oxygen atoms in total. The van der Waals surface area contributed by atoms with Crippen LogP contribution in [0.4, 0.5) is 17.1 Å². The Morgan fingerprint density at radius 2 is 1.26 bits per heavy atom. The minimum Gasteiger partial charge on any atom is -0.493 e. The number of anilines is 1. The number of hydrogen-bond donors (Lipinski definition) is 9. The first-order valence-corrected chi connectivity index (χ1v) is 36.3. The van der Waals surface area contributed by atoms with Gasteiger partial charge in [-0.05, 0) is 127 Å². The molecule has 0 bridgehead atoms. The topological polar surface area (TPSA) is 418 Å². The number of nitrogens with zero attached hydrogens (tertiary/aromatic N) is 4. The minimum absolute atomic E-state index is 0.00140. The van der Waals surface area contributed by atoms with Crippen molar-refractivity contribution in [3.63, 3.8) is 0 Å². The lowest BCUT2D eigenvalue weighted by molar-refractivity contribution is -0.438. The Kier molecular flexibility index (Phi) is 29.1. The fourth-order valence-electron chi connectivity index (χ4n) is 11.9. The summed E-state index contributed by atoms with van der Waals surface area (Å²) in [5.41, 5.74) is 3.07. The zero-order valence-corrected chi connectivity index (χ0v) is 59.7. The molecule has 0 radical (unpaired) electrons. The van der Waals surface area contributed by atoms with Crippen molar-refractivity contribution < 1.29 is 88.1 Å². The van der Waals surface area contributed by atoms with Crippen LogP contribution in [0.15, 0.2) is 107 Å². The van der Waals surface area contributed by atoms with Gasteiger partial charge in [-0.2, -0.15) is 21.4 Å². The highest BCUT2D eigenvalue weighted by atomic mass is 32.2. The summed E-state index contributed by atoms with van der Waals surface area (Å²) >= 11 is 0. The van der Waals surface area contributed by atoms with Crippen molar-refractivity contribution >= 4 is 96.2 Å². The molecule has 6 rings (SSSR count). The summed E-state index contributed by atoms with van der Waals surface area (Å²) in [6.07, 6.45) is 15.5. The van der Waals surface area contributed by atoms with E-state index < -0.39 is 115 Å². The van der Waals surface area contributed by atoms with Gasteiger partial charge in [0.1, 0.15) is 12.6 Å². The first-order chi connectivity index (χ1) is 47.7. The first kappa shape index (κ1) is 80.3. The van der Waals surface area contributed by atoms with Gasteiger partial charge in [0.05, 0.1) is 71.2 Å². The number of hydrogen-bond acceptors (Lipinski definition) is 18. The first-order valence-electron chi connectivity index (χ1n) is 33.4. The van der Waals surface area contributed by atoms with Crippen LogP contribution in [0.1, 0.15) is 148 Å². The van der Waals surface area contributed by atoms with Gasteiger partial charge in [-0.15, -0.1) is 0 Å². The number of nitrogens with one attached hydrogen (secondary N) is 7. The molecule has 3 heterocycles. The van der Waals surface area contributed by atoms with Crippen LogP contribution < -0.4 is 51.6 Å². The number of nitro groups is 1. The standard InChI is InChI=1S/C69H91N11O19S2/c1-9-33-70-60(82)26-20-37-99-56-41-54(80(90)91)48(40-55(56)98-8)45(3)75-63(85)44-74-67(89)51(76-64(86)43-73-62(84)42-72-61(83)25-19-36-79-65(87)31-32-66(79)88)21-16-17-34-71-59(81)24-15-12-18-35-78-53-30-28-47(101(95,96)97)39-50(53)69(6,7)58(78)23-14-11-13-22-57-68(4,5)49-38-46(100(92,93)94)27-29-52(49)77(57)10-2/h11,13-14,22-23,27-32,38-41,45,51H,9-10,12,15-21,24-26,33-37,42-44H2,1-8H3,(H8-,70,71,72,73,74,75,76,81,82,83,84,85,86,89,92,93,94,95,96,97)/p+1/t45?,51-/m0/s1. The molecule has 3 aliphatic rings. The lowest BCUT2D eigenvalue weighted by Gasteiger charge is -2.25. The van der Waals surface area contributed by atoms with Gasteiger partial charge in [-0.1, -0.05) is 39.0 Å². The van der Waals surface area contributed by atoms with E-state index in [1.54, 1.807) is 12.1 Å². The van der Waals surface area contributed by atoms with Crippen molar-refractivity contribution in [3.8, 4) is 11.5 Å². The minimum atomic E-state index is -4.53. The molecule has 0 aromatic heterocycles. The smallest absolute Gasteiger partial charge is 0.294 e. The Bertz CT molecular complexity index is 4010. The number of allylic oxidation sites excluding steroid dienone is 6. The molecule has 0 aliphatic carbocycles. The van der Waals surface area contributed by atoms with E-state index >= 15 is 0 Å². The number of likely N-dealkylation sites (N-methyl/N-ethyl adjacent to an activating group) is 1. The largest absolute Gasteiger partial charge is 0.493 e. The predicted molar refractivity (Wildman–Crippen MR) is 373 cm³/mol. The van der Waals surface area contributed by atoms with E-state index in [1.807, 2.05) is 71.9 Å². The number of methoxy groups -OCH3 is 1. The fraction of sp³-hybridized carbons (Fsp3) is 0.478. The van der Waals surface area contributed by atoms with Crippen molar-refractivity contribution in [2.75, 3.05) is 71.0 Å². The van der Waals surface area contributed by atoms with E-state index in [9.17, 15) is 79.2 Å². The van der Waals surface area contributed by atoms with Crippen molar-refractivity contribution in [1.29, 1.82) is 0 Å². The number of benzene rings is 3. The van der Waals surface area contributed by atoms with Crippen LogP contribution >= 0.6 is 0 Å². The third kappa shape index (κ3) is 22.4. The van der Waals surface area contributed by atoms with Gasteiger partial charge < -0.3 is 51.6 Å². The molecule has 2 atom stereocenters. The Morgan fingerprint density at radius 3 is 1.91 bits per heavy atom. The number of carbonyl (C=O) groups is 9. The van der Waals surface area contributed by atoms with Crippen molar-refractivity contribution in [1.82, 2.24) is 42.1 Å². The van der Waals surface area contributed by atoms with Gasteiger partial charge in [0.25, 0.3) is 37.7 Å². The average Bonchev–Trinajstić information content (AvgIpc) is 1.60. The number of nitro benzene ring substituents is 1. The molecule has 9 amide bonds. The highest BCUT2D eigenvalue weighted by Gasteiger charge is 2.45. The molecule has 3 aromatic carbocycles. The molecule has 3 aliphatic heterocycles. The lowest BCUT2D eigenvalue weighted by atomic mass is 9.81. The van der Waals surface area contributed by atoms with Crippen molar-refractivity contribution in [2.24, 2.45) is 0 Å². The Morgan fingerprint density at radius 1 is 0.653 bits per heavy atom. The molecule has 3 aromatic rings. The predicted octanol–water partition coefficient (Wildman–Crippen LogP) is 5.24. The molecule has 101 heavy (non-hydrogen) atoms. The SMILES string of the molecule is CCCNC(=O)CCCOc1cc([N+](=O)[O-])c(C(C)NC(=O)CNC(=O)[C@H](CCCCNC(=O)CCCCC[N+]2=C(/C=C/C=C/C=C3/N(CC)c4ccc(S(=O)(=O)O)cc4C3(C)C)C(C)(C)c3cc(S(=O)(=O)O)ccc32)NC(=O)CNC(=O)CNC(=O)CCCN2C(=O)C=CC2=O)cc1OC. The normalized spacial score (nSPS) is 15.5. The van der Waals surface area contributed by atoms with Crippen molar-refractivity contribution in [3.05, 3.63) is 124 Å². The zero-order valence-electron chi connectivity index (χ0n) is 58.1. The fourth-order valence-corrected chi connectivity index (χ4v) is 12.9. The van der Waals surface area contributed by atoms with E-state index in [-0.39, 0.29) is 96.9 Å². The molecular weight excluding hydrogens is 1350 g/mol. The molecule has 548 valence electrons. The number of imide groups is 1. The summed E-state index contributed by atoms with van der Waals surface area (Å²) in [5, 5.41) is 30.3. The molecule has 0 saturated carbocycles. The van der Waals surface area contributed by atoms with Crippen LogP contribution in [-0.4, -0.2) is 171 Å². The van der Waals surface area contributed by atoms with Gasteiger partial charge in [-0.25, -0.2) is 0 Å². The quantitative estimate of drug-likeness (QED) is 0.00669. The highest BCUT2D eigenvalue weighted by molar-refractivity contribution is 7.86. The number of ether oxygens (including phenoxy) is 2. The van der Waals surface area contributed by atoms with Crippen LogP contribution in [0.25, 0.3) is 0 Å². The number of fused-ring (bicyclic) bond motifs is 2. The Hall–Kier alpha value is -9.66. The van der Waals surface area contributed by atoms with Gasteiger partial charge in [0, 0.05) is 98.5 Å². The number of rotatable bonds is 40. The van der Waals surface area contributed by atoms with Gasteiger partial charge in [0.2, 0.25) is 47.0 Å². The summed E-state index contributed by atoms with van der Waals surface area (Å²) in [6.45, 7) is 13.3. The molecular formula is C69H92N11O19S2+. The summed E-state index contributed by atoms with van der Waals surface area (Å²) in [4.78, 5) is 128. The van der Waals surface area contributed by atoms with Crippen LogP contribution in [0.3, 0.4) is 0 Å². The van der Waals surface area contributed by atoms with Gasteiger partial charge >= 0.3 is 0 Å². The molecule has 0 spiro atoms. The third-order valence-electron chi connectivity index (χ3n) is 17.3. The molecule has 0 fully saturated rings. The number of unbranched alkanes of at least 4 members (excludes halogenated alkanes) is 3. The summed E-state index contributed by atoms with van der Waals surface area (Å²) in [5.74, 6) is -4.92. The second-order valence-corrected chi connectivity index (χ2v) is 28.2. The summed E-state index contributed by atoms with van der Waals surface area (Å²) in [6, 6.07) is 9.24. The molecule has 1 unspecified atom stereocenters. The highest BCUT2D eigenvalue weighted by Crippen LogP contribution is 2.48. The van der Waals surface area contributed by atoms with Crippen LogP contribution in [0.2, 0.25) is 0 Å². The second-order valence-electron chi connectivity index (χ2n) is 25.4. The maximum absolute atomic E-state index is 13.8. The molecule has 0 saturated heterocycles. The maximum Gasteiger partial charge on any atom is 0.294 e. The van der Waals surface area contributed by atoms with E-state index in [1.165, 1.54) is 44.4 Å². The average molecular weight is 1440 g/mol. The van der Waals surface area contributed by atoms with Gasteiger partial charge in [-0.3, -0.25) is 67.3 Å². The van der Waals surface area contributed by atoms with E-state index in [2.05, 4.69) is 46.7 Å². The monoisotopic (exact) mass is 1440 g/mol. The van der Waals surface area contributed by atoms with E-state index in [0.29, 0.717) is 57.3 Å². The van der Waals surface area contributed by atoms with Crippen LogP contribution in [0.5, 0.6) is 11.5 Å². The van der Waals surface area contributed by atoms with Crippen LogP contribution in [-0.2, 0) is 74.2 Å². The third-order valence-corrected chi connectivity index (χ3v) is 19.0. The number of amides is 9. The summed E-state index contributed by atoms with van der Waals surface area (Å²) < 4.78 is 81.7. The molecule has 32 heteroatoms. The second kappa shape index (κ2) is 36.6. The van der Waals surface area contributed by atoms with Crippen molar-refractivity contribution in [2.45, 2.75) is 158 Å². The van der Waals surface area contributed by atoms with E-state index in [0.717, 1.165) is 57.9 Å². The van der Waals surface area contributed by atoms with Gasteiger partial charge in [0.15, 0.2) is 17.2 Å². The molecule has 9 N–H and O–H groups in total. The summed E-state index contributed by atoms with van der Waals surface area (Å²) in [7, 11) is -7.63. The van der Waals surface area contributed by atoms with E-state index in [4.69, 9.17) is 9.47 Å². The van der Waals surface area contributed by atoms with Crippen LogP contribution in [0, 0.1) is 10.1 Å². The Labute approximate surface area is 587 Å².